The highest BCUT2D eigenvalue weighted by atomic mass is 35.5. The first-order valence-electron chi connectivity index (χ1n) is 19.2. The van der Waals surface area contributed by atoms with Gasteiger partial charge in [-0.2, -0.15) is 0 Å². The van der Waals surface area contributed by atoms with Crippen LogP contribution < -0.4 is 44.1 Å². The number of fused-ring (bicyclic) bond motifs is 2. The molecule has 8 aromatic heterocycles. The maximum Gasteiger partial charge on any atom is 0.277 e. The van der Waals surface area contributed by atoms with E-state index in [1.54, 1.807) is 77.8 Å². The summed E-state index contributed by atoms with van der Waals surface area (Å²) in [5.41, 5.74) is 14.6. The van der Waals surface area contributed by atoms with Gasteiger partial charge in [-0.3, -0.25) is 42.7 Å². The second-order valence-electron chi connectivity index (χ2n) is 14.0. The molecule has 0 spiro atoms. The van der Waals surface area contributed by atoms with E-state index in [1.165, 1.54) is 87.0 Å². The summed E-state index contributed by atoms with van der Waals surface area (Å²) in [5.74, 6) is -0.259. The zero-order valence-corrected chi connectivity index (χ0v) is 39.4. The van der Waals surface area contributed by atoms with E-state index in [0.717, 1.165) is 0 Å². The van der Waals surface area contributed by atoms with Crippen molar-refractivity contribution in [3.05, 3.63) is 182 Å². The highest BCUT2D eigenvalue weighted by Gasteiger charge is 2.44. The Labute approximate surface area is 405 Å². The van der Waals surface area contributed by atoms with Crippen LogP contribution in [0.25, 0.3) is 0 Å². The largest absolute Gasteiger partial charge is 0.384 e. The summed E-state index contributed by atoms with van der Waals surface area (Å²) in [6, 6.07) is 12.1. The van der Waals surface area contributed by atoms with E-state index in [4.69, 9.17) is 34.7 Å². The van der Waals surface area contributed by atoms with Crippen molar-refractivity contribution in [2.24, 2.45) is 5.73 Å². The van der Waals surface area contributed by atoms with Crippen LogP contribution in [0.1, 0.15) is 74.1 Å². The first kappa shape index (κ1) is 49.6. The number of halogens is 2. The Balaban J connectivity index is 0.000000152. The number of hydrogen-bond donors (Lipinski definition) is 6. The molecule has 2 aliphatic rings. The van der Waals surface area contributed by atoms with Gasteiger partial charge in [0.05, 0.1) is 27.9 Å². The van der Waals surface area contributed by atoms with Crippen LogP contribution >= 0.6 is 57.2 Å². The molecule has 0 aliphatic carbocycles. The Morgan fingerprint density at radius 2 is 1.22 bits per heavy atom. The lowest BCUT2D eigenvalue weighted by Crippen LogP contribution is -2.46. The molecule has 0 bridgehead atoms. The number of nitrogens with zero attached hydrogens (tertiary/aromatic N) is 9. The monoisotopic (exact) mass is 1020 g/mol. The number of amides is 3. The number of nitrogens with one attached hydrogen (secondary N) is 4. The minimum Gasteiger partial charge on any atom is -0.384 e. The van der Waals surface area contributed by atoms with Crippen molar-refractivity contribution >= 4 is 98.0 Å². The quantitative estimate of drug-likeness (QED) is 0.127. The highest BCUT2D eigenvalue weighted by Crippen LogP contribution is 2.30. The molecule has 27 heteroatoms. The van der Waals surface area contributed by atoms with Crippen LogP contribution in [0.15, 0.2) is 121 Å². The third kappa shape index (κ3) is 11.2. The highest BCUT2D eigenvalue weighted by molar-refractivity contribution is 7.08. The predicted molar refractivity (Wildman–Crippen MR) is 256 cm³/mol. The van der Waals surface area contributed by atoms with Crippen molar-refractivity contribution in [3.63, 3.8) is 0 Å². The van der Waals surface area contributed by atoms with Crippen molar-refractivity contribution in [2.45, 2.75) is 32.1 Å². The number of ketones is 1. The molecule has 348 valence electrons. The van der Waals surface area contributed by atoms with Gasteiger partial charge in [-0.05, 0) is 62.4 Å². The molecule has 2 aliphatic heterocycles. The smallest absolute Gasteiger partial charge is 0.277 e. The lowest BCUT2D eigenvalue weighted by atomic mass is 10.1. The van der Waals surface area contributed by atoms with Crippen molar-refractivity contribution in [3.8, 4) is 0 Å². The molecule has 3 amide bonds. The molecule has 0 radical (unpaired) electrons. The minimum atomic E-state index is -1.02. The molecular weight excluding hydrogens is 982 g/mol. The first-order valence-corrected chi connectivity index (χ1v) is 22.8. The van der Waals surface area contributed by atoms with E-state index in [2.05, 4.69) is 55.8 Å². The summed E-state index contributed by atoms with van der Waals surface area (Å²) in [7, 11) is 0. The zero-order valence-electron chi connectivity index (χ0n) is 35.4. The number of Topliss-reactive ketones (excluding diaryl/α,β-unsaturated/α-hetero) is 1. The summed E-state index contributed by atoms with van der Waals surface area (Å²) in [4.78, 5) is 111. The van der Waals surface area contributed by atoms with Crippen molar-refractivity contribution in [1.29, 1.82) is 0 Å². The number of primary amides is 1. The van der Waals surface area contributed by atoms with E-state index in [9.17, 15) is 33.6 Å². The molecule has 0 fully saturated rings. The number of nitrogen functional groups attached to an aromatic ring is 1. The molecule has 2 unspecified atom stereocenters. The summed E-state index contributed by atoms with van der Waals surface area (Å²) in [5, 5.41) is 14.0. The van der Waals surface area contributed by atoms with Crippen molar-refractivity contribution in [2.75, 3.05) is 11.1 Å². The van der Waals surface area contributed by atoms with Crippen LogP contribution in [-0.4, -0.2) is 72.5 Å². The fourth-order valence-electron chi connectivity index (χ4n) is 6.12. The Morgan fingerprint density at radius 3 is 1.66 bits per heavy atom. The lowest BCUT2D eigenvalue weighted by molar-refractivity contribution is 0.0931. The van der Waals surface area contributed by atoms with Gasteiger partial charge in [0, 0.05) is 35.5 Å². The number of hydrogen-bond acceptors (Lipinski definition) is 19. The third-order valence-corrected chi connectivity index (χ3v) is 11.8. The number of carbonyl (C=O) groups excluding carboxylic acids is 4. The van der Waals surface area contributed by atoms with Crippen molar-refractivity contribution in [1.82, 2.24) is 59.6 Å². The Morgan fingerprint density at radius 1 is 0.676 bits per heavy atom. The predicted octanol–water partition coefficient (Wildman–Crippen LogP) is 4.26. The SMILES string of the molecule is CC(=O)c1cscn1.CC1(c2cscn2)NC(=O)c2ccc(Cl)c(=O)n21.CC1(c2cscn2)NC(=O)c2ccc(Nc3ccncn3)c(=O)n21.NC(=O)c1ccc(Cl)c(=O)[nH]1.Nc1ccncn1. The number of H-pyrrole nitrogens is 1. The van der Waals surface area contributed by atoms with Gasteiger partial charge in [0.15, 0.2) is 17.1 Å². The zero-order chi connectivity index (χ0) is 49.2. The summed E-state index contributed by atoms with van der Waals surface area (Å²) in [6.45, 7) is 5.00. The van der Waals surface area contributed by atoms with Crippen molar-refractivity contribution < 1.29 is 19.2 Å². The number of carbonyl (C=O) groups is 4. The Kier molecular flexibility index (Phi) is 15.8. The molecule has 8 N–H and O–H groups in total. The maximum absolute atomic E-state index is 13.0. The van der Waals surface area contributed by atoms with Gasteiger partial charge in [0.2, 0.25) is 0 Å². The average molecular weight is 1020 g/mol. The number of thiazole rings is 3. The molecule has 10 heterocycles. The van der Waals surface area contributed by atoms with Crippen LogP contribution in [0, 0.1) is 0 Å². The molecule has 22 nitrogen and oxygen atoms in total. The Bertz CT molecular complexity index is 3250. The van der Waals surface area contributed by atoms with Gasteiger partial charge < -0.3 is 32.4 Å². The molecule has 10 rings (SSSR count). The molecule has 2 atom stereocenters. The number of aromatic nitrogens is 10. The van der Waals surface area contributed by atoms with Crippen LogP contribution in [0.3, 0.4) is 0 Å². The van der Waals surface area contributed by atoms with Gasteiger partial charge in [0.25, 0.3) is 34.4 Å². The van der Waals surface area contributed by atoms with Crippen LogP contribution in [0.2, 0.25) is 10.0 Å². The lowest BCUT2D eigenvalue weighted by Gasteiger charge is -2.25. The molecule has 0 aromatic carbocycles. The maximum atomic E-state index is 13.0. The average Bonchev–Trinajstić information content (AvgIpc) is 4.19. The topological polar surface area (TPSA) is 323 Å². The normalized spacial score (nSPS) is 16.0. The van der Waals surface area contributed by atoms with Crippen LogP contribution in [0.5, 0.6) is 0 Å². The van der Waals surface area contributed by atoms with Gasteiger partial charge in [-0.1, -0.05) is 23.2 Å². The second-order valence-corrected chi connectivity index (χ2v) is 16.9. The van der Waals surface area contributed by atoms with E-state index in [-0.39, 0.29) is 38.9 Å². The van der Waals surface area contributed by atoms with Crippen LogP contribution in [0.4, 0.5) is 17.3 Å². The number of rotatable bonds is 6. The molecule has 68 heavy (non-hydrogen) atoms. The van der Waals surface area contributed by atoms with E-state index in [0.29, 0.717) is 45.8 Å². The summed E-state index contributed by atoms with van der Waals surface area (Å²) in [6.07, 6.45) is 5.97. The van der Waals surface area contributed by atoms with E-state index in [1.807, 2.05) is 5.38 Å². The van der Waals surface area contributed by atoms with Gasteiger partial charge in [-0.25, -0.2) is 34.9 Å². The Hall–Kier alpha value is -7.84. The number of aromatic amines is 1. The summed E-state index contributed by atoms with van der Waals surface area (Å²) >= 11 is 15.5. The van der Waals surface area contributed by atoms with E-state index < -0.39 is 28.4 Å². The van der Waals surface area contributed by atoms with Gasteiger partial charge >= 0.3 is 0 Å². The second kappa shape index (κ2) is 21.6. The van der Waals surface area contributed by atoms with E-state index >= 15 is 0 Å². The molecule has 0 saturated carbocycles. The number of pyridine rings is 3. The van der Waals surface area contributed by atoms with Gasteiger partial charge in [0.1, 0.15) is 62.8 Å². The fraction of sp³-hybridized carbons (Fsp3) is 0.122. The molecular formula is C41H35Cl2N15O7S3. The third-order valence-electron chi connectivity index (χ3n) is 9.42. The van der Waals surface area contributed by atoms with Crippen LogP contribution in [-0.2, 0) is 11.3 Å². The minimum absolute atomic E-state index is 0.0336. The standard InChI is InChI=1S/C15H12N6O2S.C11H8ClN3O2S.C6H5ClN2O2.C5H5NOS.C4H5N3/c1-15(11-6-24-8-18-11)20-13(22)10-3-2-9(14(23)21(10)15)19-12-4-5-16-7-17-12;1-11(8-4-18-5-13-8)14-9(16)7-3-2-6(12)10(17)15(7)11;7-3-1-2-4(5(8)10)9-6(3)11;1-4(7)5-2-8-3-6-5;5-4-1-2-6-3-7-4/h2-8H,1H3,(H,20,22)(H,16,17,19);2-5H,1H3,(H,14,16);1-2H,(H2,8,10)(H,9,11);2-3H,1H3;1-3H,(H2,5,6,7). The summed E-state index contributed by atoms with van der Waals surface area (Å²) < 4.78 is 2.78. The van der Waals surface area contributed by atoms with Gasteiger partial charge in [-0.15, -0.1) is 34.0 Å². The molecule has 8 aromatic rings. The number of anilines is 3. The number of nitrogens with two attached hydrogens (primary N) is 2. The molecule has 0 saturated heterocycles. The fourth-order valence-corrected chi connectivity index (χ4v) is 8.28. The first-order chi connectivity index (χ1) is 32.4.